The van der Waals surface area contributed by atoms with E-state index in [1.165, 1.54) is 32.8 Å². The molecule has 8 heteroatoms. The summed E-state index contributed by atoms with van der Waals surface area (Å²) in [6, 6.07) is 55.1. The summed E-state index contributed by atoms with van der Waals surface area (Å²) in [5.74, 6) is 0.535. The molecular weight excluding hydrogens is 901 g/mol. The number of aromatic nitrogens is 3. The second-order valence-corrected chi connectivity index (χ2v) is 21.1. The Balaban J connectivity index is 0.000000118. The summed E-state index contributed by atoms with van der Waals surface area (Å²) < 4.78 is 0. The van der Waals surface area contributed by atoms with E-state index in [2.05, 4.69) is 120 Å². The van der Waals surface area contributed by atoms with Crippen LogP contribution in [-0.4, -0.2) is 40.3 Å². The zero-order chi connectivity index (χ0) is 49.4. The molecule has 3 heterocycles. The fourth-order valence-electron chi connectivity index (χ4n) is 12.5. The molecule has 3 aromatic heterocycles. The van der Waals surface area contributed by atoms with Gasteiger partial charge in [-0.1, -0.05) is 199 Å². The molecule has 0 amide bonds. The largest absolute Gasteiger partial charge is 2.00 e. The van der Waals surface area contributed by atoms with Gasteiger partial charge in [-0.25, -0.2) is 0 Å². The Bertz CT molecular complexity index is 3880. The molecule has 0 bridgehead atoms. The smallest absolute Gasteiger partial charge is 0.872 e. The van der Waals surface area contributed by atoms with Crippen molar-refractivity contribution in [3.8, 4) is 51.0 Å². The SMILES string of the molecule is CC1(C)c2cc3ccccc3c(O)c2-c2ncc3ccccc3c21.CC1(C)c2cc3ccccc3c([O-])c2-c2ncc3ccccc3c21.CC1(C)c2cc3ccccc3c([O-])c2-c2ncc3ccccc3c21.[Be+2].[Be+2]. The van der Waals surface area contributed by atoms with E-state index < -0.39 is 0 Å². The molecule has 0 aliphatic heterocycles. The van der Waals surface area contributed by atoms with Crippen LogP contribution in [0.3, 0.4) is 0 Å². The molecule has 1 N–H and O–H groups in total. The Kier molecular flexibility index (Phi) is 11.1. The van der Waals surface area contributed by atoms with E-state index in [0.717, 1.165) is 98.9 Å². The molecule has 0 unspecified atom stereocenters. The van der Waals surface area contributed by atoms with Crippen molar-refractivity contribution in [2.24, 2.45) is 0 Å². The number of aromatic hydroxyl groups is 1. The first-order chi connectivity index (χ1) is 34.8. The van der Waals surface area contributed by atoms with Crippen LogP contribution < -0.4 is 10.2 Å². The second kappa shape index (κ2) is 17.2. The number of hydrogen-bond donors (Lipinski definition) is 1. The standard InChI is InChI=1S/3C22H17NO.2Be/c3*1-22(2)17-11-13-7-3-6-10-16(13)21(24)18(17)20-19(22)15-9-5-4-8-14(15)12-23-20;;/h3*3-12,24H,1-2H3;;/q;;;2*+2/p-2. The van der Waals surface area contributed by atoms with Crippen LogP contribution in [0.1, 0.15) is 74.9 Å². The summed E-state index contributed by atoms with van der Waals surface area (Å²) in [6.07, 6.45) is 5.68. The van der Waals surface area contributed by atoms with Gasteiger partial charge in [0.05, 0.1) is 17.1 Å². The van der Waals surface area contributed by atoms with Gasteiger partial charge in [-0.2, -0.15) is 0 Å². The third-order valence-corrected chi connectivity index (χ3v) is 16.0. The van der Waals surface area contributed by atoms with Crippen LogP contribution in [0.25, 0.3) is 98.4 Å². The van der Waals surface area contributed by atoms with Crippen molar-refractivity contribution in [3.05, 3.63) is 216 Å². The van der Waals surface area contributed by atoms with Crippen molar-refractivity contribution in [2.75, 3.05) is 0 Å². The Morgan fingerprint density at radius 2 is 0.595 bits per heavy atom. The number of pyridine rings is 3. The number of nitrogens with zero attached hydrogens (tertiary/aromatic N) is 3. The van der Waals surface area contributed by atoms with E-state index in [0.29, 0.717) is 5.75 Å². The molecule has 0 saturated heterocycles. The molecule has 74 heavy (non-hydrogen) atoms. The molecule has 3 aliphatic carbocycles. The second-order valence-electron chi connectivity index (χ2n) is 21.1. The van der Waals surface area contributed by atoms with E-state index in [4.69, 9.17) is 15.0 Å². The quantitative estimate of drug-likeness (QED) is 0.152. The minimum atomic E-state index is -0.234. The van der Waals surface area contributed by atoms with Gasteiger partial charge in [-0.15, -0.1) is 0 Å². The van der Waals surface area contributed by atoms with Gasteiger partial charge >= 0.3 is 20.2 Å². The Morgan fingerprint density at radius 1 is 0.338 bits per heavy atom. The molecule has 3 aliphatic rings. The molecular formula is C66H49Be2N3O3+2. The van der Waals surface area contributed by atoms with Gasteiger partial charge in [0.2, 0.25) is 0 Å². The Morgan fingerprint density at radius 3 is 0.946 bits per heavy atom. The summed E-state index contributed by atoms with van der Waals surface area (Å²) in [7, 11) is 0. The molecule has 348 valence electrons. The predicted molar refractivity (Wildman–Crippen MR) is 303 cm³/mol. The predicted octanol–water partition coefficient (Wildman–Crippen LogP) is 14.2. The van der Waals surface area contributed by atoms with Crippen molar-refractivity contribution in [1.82, 2.24) is 15.0 Å². The summed E-state index contributed by atoms with van der Waals surface area (Å²) in [5.41, 5.74) is 11.3. The fourth-order valence-corrected chi connectivity index (χ4v) is 12.5. The van der Waals surface area contributed by atoms with Gasteiger partial charge in [0.1, 0.15) is 5.75 Å². The third kappa shape index (κ3) is 6.75. The van der Waals surface area contributed by atoms with E-state index in [9.17, 15) is 15.3 Å². The van der Waals surface area contributed by atoms with Crippen LogP contribution in [0.15, 0.2) is 182 Å². The van der Waals surface area contributed by atoms with Crippen molar-refractivity contribution >= 4 is 84.9 Å². The zero-order valence-electron chi connectivity index (χ0n) is 42.3. The van der Waals surface area contributed by atoms with Crippen LogP contribution in [0.5, 0.6) is 17.2 Å². The van der Waals surface area contributed by atoms with Gasteiger partial charge in [0, 0.05) is 61.9 Å². The van der Waals surface area contributed by atoms with Gasteiger partial charge < -0.3 is 15.3 Å². The molecule has 0 radical (unpaired) electrons. The average molecular weight is 950 g/mol. The minimum Gasteiger partial charge on any atom is -0.872 e. The normalized spacial score (nSPS) is 14.4. The van der Waals surface area contributed by atoms with E-state index >= 15 is 0 Å². The third-order valence-electron chi connectivity index (χ3n) is 16.0. The summed E-state index contributed by atoms with van der Waals surface area (Å²) >= 11 is 0. The van der Waals surface area contributed by atoms with Gasteiger partial charge in [0.15, 0.2) is 0 Å². The summed E-state index contributed by atoms with van der Waals surface area (Å²) in [6.45, 7) is 13.2. The van der Waals surface area contributed by atoms with Crippen molar-refractivity contribution in [1.29, 1.82) is 0 Å². The number of hydrogen-bond acceptors (Lipinski definition) is 6. The van der Waals surface area contributed by atoms with E-state index in [1.54, 1.807) is 0 Å². The molecule has 0 spiro atoms. The van der Waals surface area contributed by atoms with Crippen LogP contribution >= 0.6 is 0 Å². The molecule has 15 rings (SSSR count). The molecule has 6 nitrogen and oxygen atoms in total. The van der Waals surface area contributed by atoms with E-state index in [-0.39, 0.29) is 48.0 Å². The summed E-state index contributed by atoms with van der Waals surface area (Å²) in [4.78, 5) is 14.1. The van der Waals surface area contributed by atoms with Crippen molar-refractivity contribution in [2.45, 2.75) is 57.8 Å². The maximum absolute atomic E-state index is 13.2. The fraction of sp³-hybridized carbons (Fsp3) is 0.136. The number of benzene rings is 9. The van der Waals surface area contributed by atoms with Crippen LogP contribution in [0, 0.1) is 0 Å². The molecule has 9 aromatic carbocycles. The van der Waals surface area contributed by atoms with Gasteiger partial charge in [0.25, 0.3) is 0 Å². The summed E-state index contributed by atoms with van der Waals surface area (Å²) in [5, 5.41) is 49.8. The molecule has 0 saturated carbocycles. The first-order valence-electron chi connectivity index (χ1n) is 24.6. The maximum atomic E-state index is 13.2. The number of phenolic OH excluding ortho intramolecular Hbond substituents is 1. The van der Waals surface area contributed by atoms with Gasteiger partial charge in [-0.3, -0.25) is 15.0 Å². The number of fused-ring (bicyclic) bond motifs is 18. The Labute approximate surface area is 437 Å². The minimum absolute atomic E-state index is 0. The van der Waals surface area contributed by atoms with E-state index in [1.807, 2.05) is 104 Å². The first kappa shape index (κ1) is 48.0. The topological polar surface area (TPSA) is 105 Å². The molecule has 0 fully saturated rings. The molecule has 12 aromatic rings. The van der Waals surface area contributed by atoms with Crippen molar-refractivity contribution < 1.29 is 15.3 Å². The van der Waals surface area contributed by atoms with Crippen LogP contribution in [-0.2, 0) is 16.2 Å². The van der Waals surface area contributed by atoms with Gasteiger partial charge in [-0.05, 0) is 106 Å². The molecule has 0 atom stereocenters. The first-order valence-corrected chi connectivity index (χ1v) is 24.6. The monoisotopic (exact) mass is 949 g/mol. The zero-order valence-corrected chi connectivity index (χ0v) is 42.3. The van der Waals surface area contributed by atoms with Crippen molar-refractivity contribution in [3.63, 3.8) is 0 Å². The Hall–Kier alpha value is -8.27. The number of phenols is 1. The van der Waals surface area contributed by atoms with Crippen LogP contribution in [0.2, 0.25) is 0 Å². The van der Waals surface area contributed by atoms with Crippen LogP contribution in [0.4, 0.5) is 0 Å². The maximum Gasteiger partial charge on any atom is 2.00 e. The number of rotatable bonds is 0. The average Bonchev–Trinajstić information content (AvgIpc) is 3.89.